The van der Waals surface area contributed by atoms with Gasteiger partial charge in [-0.2, -0.15) is 0 Å². The van der Waals surface area contributed by atoms with Gasteiger partial charge >= 0.3 is 5.97 Å². The molecule has 1 saturated heterocycles. The minimum atomic E-state index is -0.614. The lowest BCUT2D eigenvalue weighted by Gasteiger charge is -2.36. The zero-order valence-corrected chi connectivity index (χ0v) is 9.79. The van der Waals surface area contributed by atoms with Crippen LogP contribution in [-0.4, -0.2) is 32.3 Å². The Kier molecular flexibility index (Phi) is 4.11. The molecule has 1 aliphatic rings. The van der Waals surface area contributed by atoms with Crippen LogP contribution in [-0.2, 0) is 14.3 Å². The first-order valence-electron chi connectivity index (χ1n) is 5.42. The molecule has 0 amide bonds. The second kappa shape index (κ2) is 4.94. The molecule has 1 atom stereocenters. The molecule has 4 nitrogen and oxygen atoms in total. The molecule has 0 spiro atoms. The number of ether oxygens (including phenoxy) is 2. The van der Waals surface area contributed by atoms with E-state index in [0.29, 0.717) is 5.92 Å². The fraction of sp³-hybridized carbons (Fsp3) is 0.909. The summed E-state index contributed by atoms with van der Waals surface area (Å²) in [5.74, 6) is 0.120. The van der Waals surface area contributed by atoms with E-state index in [2.05, 4.69) is 0 Å². The molecule has 15 heavy (non-hydrogen) atoms. The number of rotatable bonds is 3. The molecule has 0 aromatic rings. The lowest BCUT2D eigenvalue weighted by molar-refractivity contribution is -0.153. The maximum atomic E-state index is 11.6. The Morgan fingerprint density at radius 2 is 2.00 bits per heavy atom. The zero-order chi connectivity index (χ0) is 11.5. The van der Waals surface area contributed by atoms with Gasteiger partial charge in [0.05, 0.1) is 12.5 Å². The highest BCUT2D eigenvalue weighted by atomic mass is 16.5. The van der Waals surface area contributed by atoms with Crippen LogP contribution >= 0.6 is 0 Å². The first-order valence-corrected chi connectivity index (χ1v) is 5.42. The molecule has 0 aromatic heterocycles. The van der Waals surface area contributed by atoms with Crippen LogP contribution in [0.2, 0.25) is 0 Å². The van der Waals surface area contributed by atoms with Crippen molar-refractivity contribution < 1.29 is 14.3 Å². The van der Waals surface area contributed by atoms with Crippen molar-refractivity contribution in [3.63, 3.8) is 0 Å². The molecule has 1 unspecified atom stereocenters. The minimum Gasteiger partial charge on any atom is -0.469 e. The lowest BCUT2D eigenvalue weighted by atomic mass is 9.75. The van der Waals surface area contributed by atoms with Crippen LogP contribution in [0.1, 0.15) is 26.7 Å². The number of methoxy groups -OCH3 is 1. The highest BCUT2D eigenvalue weighted by Gasteiger charge is 2.40. The van der Waals surface area contributed by atoms with Crippen molar-refractivity contribution in [1.82, 2.24) is 0 Å². The van der Waals surface area contributed by atoms with E-state index in [4.69, 9.17) is 15.2 Å². The standard InChI is InChI=1S/C11H21NO3/c1-11(2,10(13)14-3)9(12)8-4-6-15-7-5-8/h8-9H,4-7,12H2,1-3H3. The Morgan fingerprint density at radius 3 is 2.47 bits per heavy atom. The maximum absolute atomic E-state index is 11.6. The predicted octanol–water partition coefficient (Wildman–Crippen LogP) is 0.939. The van der Waals surface area contributed by atoms with E-state index in [1.54, 1.807) is 0 Å². The van der Waals surface area contributed by atoms with Gasteiger partial charge in [-0.15, -0.1) is 0 Å². The summed E-state index contributed by atoms with van der Waals surface area (Å²) in [5.41, 5.74) is 5.53. The highest BCUT2D eigenvalue weighted by Crippen LogP contribution is 2.30. The molecule has 1 fully saturated rings. The van der Waals surface area contributed by atoms with E-state index in [-0.39, 0.29) is 12.0 Å². The van der Waals surface area contributed by atoms with E-state index in [9.17, 15) is 4.79 Å². The first-order chi connectivity index (χ1) is 7.00. The molecule has 1 heterocycles. The van der Waals surface area contributed by atoms with Gasteiger partial charge in [0.15, 0.2) is 0 Å². The number of esters is 1. The van der Waals surface area contributed by atoms with E-state index in [1.807, 2.05) is 13.8 Å². The third-order valence-electron chi connectivity index (χ3n) is 3.32. The van der Waals surface area contributed by atoms with Gasteiger partial charge in [0, 0.05) is 19.3 Å². The molecule has 0 bridgehead atoms. The summed E-state index contributed by atoms with van der Waals surface area (Å²) in [5, 5.41) is 0. The summed E-state index contributed by atoms with van der Waals surface area (Å²) in [6.45, 7) is 5.18. The van der Waals surface area contributed by atoms with E-state index >= 15 is 0 Å². The number of hydrogen-bond donors (Lipinski definition) is 1. The lowest BCUT2D eigenvalue weighted by Crippen LogP contribution is -2.49. The van der Waals surface area contributed by atoms with E-state index in [1.165, 1.54) is 7.11 Å². The average Bonchev–Trinajstić information content (AvgIpc) is 2.28. The van der Waals surface area contributed by atoms with Crippen LogP contribution in [0, 0.1) is 11.3 Å². The second-order valence-electron chi connectivity index (χ2n) is 4.69. The summed E-state index contributed by atoms with van der Waals surface area (Å²) in [4.78, 5) is 11.6. The summed E-state index contributed by atoms with van der Waals surface area (Å²) in [6, 6.07) is -0.158. The molecule has 0 aliphatic carbocycles. The molecular formula is C11H21NO3. The summed E-state index contributed by atoms with van der Waals surface area (Å²) >= 11 is 0. The summed E-state index contributed by atoms with van der Waals surface area (Å²) in [7, 11) is 1.40. The number of carbonyl (C=O) groups is 1. The van der Waals surface area contributed by atoms with Crippen molar-refractivity contribution >= 4 is 5.97 Å². The Morgan fingerprint density at radius 1 is 1.47 bits per heavy atom. The monoisotopic (exact) mass is 215 g/mol. The molecule has 2 N–H and O–H groups in total. The molecule has 1 rings (SSSR count). The summed E-state index contributed by atoms with van der Waals surface area (Å²) < 4.78 is 10.1. The smallest absolute Gasteiger partial charge is 0.312 e. The predicted molar refractivity (Wildman–Crippen MR) is 57.3 cm³/mol. The van der Waals surface area contributed by atoms with Gasteiger partial charge in [0.1, 0.15) is 0 Å². The van der Waals surface area contributed by atoms with Gasteiger partial charge in [-0.05, 0) is 32.6 Å². The quantitative estimate of drug-likeness (QED) is 0.712. The Balaban J connectivity index is 2.64. The number of hydrogen-bond acceptors (Lipinski definition) is 4. The number of nitrogens with two attached hydrogens (primary N) is 1. The Bertz CT molecular complexity index is 222. The molecule has 0 saturated carbocycles. The molecule has 88 valence electrons. The summed E-state index contributed by atoms with van der Waals surface area (Å²) in [6.07, 6.45) is 1.86. The normalized spacial score (nSPS) is 21.1. The van der Waals surface area contributed by atoms with Crippen LogP contribution in [0.15, 0.2) is 0 Å². The average molecular weight is 215 g/mol. The van der Waals surface area contributed by atoms with Crippen molar-refractivity contribution in [3.8, 4) is 0 Å². The second-order valence-corrected chi connectivity index (χ2v) is 4.69. The fourth-order valence-corrected chi connectivity index (χ4v) is 2.06. The topological polar surface area (TPSA) is 61.5 Å². The maximum Gasteiger partial charge on any atom is 0.312 e. The van der Waals surface area contributed by atoms with Crippen molar-refractivity contribution in [1.29, 1.82) is 0 Å². The van der Waals surface area contributed by atoms with Crippen molar-refractivity contribution in [3.05, 3.63) is 0 Å². The van der Waals surface area contributed by atoms with Crippen LogP contribution in [0.4, 0.5) is 0 Å². The highest BCUT2D eigenvalue weighted by molar-refractivity contribution is 5.76. The first kappa shape index (κ1) is 12.5. The van der Waals surface area contributed by atoms with Gasteiger partial charge < -0.3 is 15.2 Å². The molecule has 0 radical (unpaired) electrons. The van der Waals surface area contributed by atoms with Crippen LogP contribution < -0.4 is 5.73 Å². The van der Waals surface area contributed by atoms with Gasteiger partial charge in [-0.3, -0.25) is 4.79 Å². The van der Waals surface area contributed by atoms with Crippen molar-refractivity contribution in [2.24, 2.45) is 17.1 Å². The molecule has 0 aromatic carbocycles. The fourth-order valence-electron chi connectivity index (χ4n) is 2.06. The van der Waals surface area contributed by atoms with Gasteiger partial charge in [0.2, 0.25) is 0 Å². The minimum absolute atomic E-state index is 0.158. The largest absolute Gasteiger partial charge is 0.469 e. The molecule has 4 heteroatoms. The number of carbonyl (C=O) groups excluding carboxylic acids is 1. The van der Waals surface area contributed by atoms with Crippen LogP contribution in [0.25, 0.3) is 0 Å². The molecular weight excluding hydrogens is 194 g/mol. The van der Waals surface area contributed by atoms with Gasteiger partial charge in [0.25, 0.3) is 0 Å². The SMILES string of the molecule is COC(=O)C(C)(C)C(N)C1CCOCC1. The van der Waals surface area contributed by atoms with Crippen molar-refractivity contribution in [2.75, 3.05) is 20.3 Å². The molecule has 1 aliphatic heterocycles. The van der Waals surface area contributed by atoms with Gasteiger partial charge in [-0.25, -0.2) is 0 Å². The van der Waals surface area contributed by atoms with Crippen LogP contribution in [0.5, 0.6) is 0 Å². The van der Waals surface area contributed by atoms with E-state index < -0.39 is 5.41 Å². The zero-order valence-electron chi connectivity index (χ0n) is 9.79. The Hall–Kier alpha value is -0.610. The van der Waals surface area contributed by atoms with E-state index in [0.717, 1.165) is 26.1 Å². The van der Waals surface area contributed by atoms with Gasteiger partial charge in [-0.1, -0.05) is 0 Å². The Labute approximate surface area is 91.1 Å². The van der Waals surface area contributed by atoms with Crippen molar-refractivity contribution in [2.45, 2.75) is 32.7 Å². The third kappa shape index (κ3) is 2.69. The third-order valence-corrected chi connectivity index (χ3v) is 3.32. The van der Waals surface area contributed by atoms with Crippen LogP contribution in [0.3, 0.4) is 0 Å².